The smallest absolute Gasteiger partial charge is 0.341 e. The van der Waals surface area contributed by atoms with Gasteiger partial charge in [0.15, 0.2) is 5.78 Å². The highest BCUT2D eigenvalue weighted by Gasteiger charge is 2.64. The molecule has 5 rings (SSSR count). The van der Waals surface area contributed by atoms with E-state index in [0.717, 1.165) is 0 Å². The topological polar surface area (TPSA) is 98.9 Å². The Morgan fingerprint density at radius 3 is 2.50 bits per heavy atom. The summed E-state index contributed by atoms with van der Waals surface area (Å²) in [6.07, 6.45) is 0.556. The first-order valence-electron chi connectivity index (χ1n) is 11.9. The van der Waals surface area contributed by atoms with E-state index in [1.165, 1.54) is 17.0 Å². The Kier molecular flexibility index (Phi) is 5.50. The summed E-state index contributed by atoms with van der Waals surface area (Å²) in [6, 6.07) is 12.8. The second-order valence-corrected chi connectivity index (χ2v) is 10.1. The van der Waals surface area contributed by atoms with Crippen molar-refractivity contribution in [2.75, 3.05) is 11.5 Å². The van der Waals surface area contributed by atoms with Gasteiger partial charge in [-0.2, -0.15) is 0 Å². The number of hydrogen-bond acceptors (Lipinski definition) is 6. The summed E-state index contributed by atoms with van der Waals surface area (Å²) in [6.45, 7) is 5.69. The van der Waals surface area contributed by atoms with Gasteiger partial charge in [0.1, 0.15) is 22.6 Å². The summed E-state index contributed by atoms with van der Waals surface area (Å²) in [4.78, 5) is 43.1. The number of nitrogens with zero attached hydrogens (tertiary/aromatic N) is 1. The number of allylic oxidation sites excluding steroid dienone is 1. The molecule has 1 spiro atoms. The van der Waals surface area contributed by atoms with Crippen LogP contribution in [-0.4, -0.2) is 24.3 Å². The number of carbonyl (C=O) groups is 3. The Bertz CT molecular complexity index is 1360. The summed E-state index contributed by atoms with van der Waals surface area (Å²) in [7, 11) is 0. The van der Waals surface area contributed by atoms with Gasteiger partial charge in [0.25, 0.3) is 0 Å². The number of ketones is 1. The minimum Gasteiger partial charge on any atom is -0.462 e. The average molecular weight is 491 g/mol. The lowest BCUT2D eigenvalue weighted by Gasteiger charge is -2.42. The molecule has 0 saturated heterocycles. The molecule has 0 saturated carbocycles. The fraction of sp³-hybridized carbons (Fsp3) is 0.321. The molecule has 186 valence electrons. The minimum atomic E-state index is -1.80. The van der Waals surface area contributed by atoms with Crippen LogP contribution in [0.4, 0.5) is 10.1 Å². The number of para-hydroxylation sites is 1. The number of halogens is 1. The first kappa shape index (κ1) is 23.8. The van der Waals surface area contributed by atoms with E-state index in [1.54, 1.807) is 43.3 Å². The first-order chi connectivity index (χ1) is 17.1. The molecule has 3 aliphatic rings. The Balaban J connectivity index is 1.78. The number of anilines is 1. The molecule has 0 aromatic heterocycles. The quantitative estimate of drug-likeness (QED) is 0.650. The van der Waals surface area contributed by atoms with Gasteiger partial charge in [-0.15, -0.1) is 0 Å². The van der Waals surface area contributed by atoms with E-state index < -0.39 is 28.5 Å². The van der Waals surface area contributed by atoms with E-state index in [2.05, 4.69) is 0 Å². The fourth-order valence-electron chi connectivity index (χ4n) is 5.59. The summed E-state index contributed by atoms with van der Waals surface area (Å²) in [5.41, 5.74) is 5.77. The van der Waals surface area contributed by atoms with Crippen molar-refractivity contribution in [3.8, 4) is 0 Å². The average Bonchev–Trinajstić information content (AvgIpc) is 3.03. The molecule has 7 nitrogen and oxygen atoms in total. The Morgan fingerprint density at radius 1 is 1.11 bits per heavy atom. The third kappa shape index (κ3) is 3.43. The predicted molar refractivity (Wildman–Crippen MR) is 130 cm³/mol. The number of esters is 1. The molecule has 2 heterocycles. The molecule has 2 aliphatic heterocycles. The molecule has 2 N–H and O–H groups in total. The summed E-state index contributed by atoms with van der Waals surface area (Å²) >= 11 is 0. The highest BCUT2D eigenvalue weighted by molar-refractivity contribution is 6.23. The number of hydrogen-bond donors (Lipinski definition) is 1. The highest BCUT2D eigenvalue weighted by atomic mass is 19.1. The van der Waals surface area contributed by atoms with Crippen molar-refractivity contribution in [2.45, 2.75) is 45.6 Å². The largest absolute Gasteiger partial charge is 0.462 e. The molecule has 36 heavy (non-hydrogen) atoms. The number of carbonyl (C=O) groups excluding carboxylic acids is 3. The van der Waals surface area contributed by atoms with E-state index >= 15 is 0 Å². The van der Waals surface area contributed by atoms with Gasteiger partial charge in [0.05, 0.1) is 18.7 Å². The normalized spacial score (nSPS) is 22.5. The molecule has 1 aliphatic carbocycles. The minimum absolute atomic E-state index is 0.0493. The van der Waals surface area contributed by atoms with E-state index in [-0.39, 0.29) is 42.4 Å². The number of rotatable bonds is 4. The van der Waals surface area contributed by atoms with Gasteiger partial charge in [0.2, 0.25) is 11.8 Å². The molecule has 1 amide bonds. The number of ether oxygens (including phenoxy) is 2. The van der Waals surface area contributed by atoms with Gasteiger partial charge < -0.3 is 20.1 Å². The number of fused-ring (bicyclic) bond motifs is 3. The molecular formula is C28H27FN2O5. The van der Waals surface area contributed by atoms with Crippen molar-refractivity contribution in [3.63, 3.8) is 0 Å². The lowest BCUT2D eigenvalue weighted by molar-refractivity contribution is -0.141. The lowest BCUT2D eigenvalue weighted by atomic mass is 9.62. The van der Waals surface area contributed by atoms with Gasteiger partial charge in [-0.05, 0) is 36.1 Å². The van der Waals surface area contributed by atoms with E-state index in [0.29, 0.717) is 29.0 Å². The highest BCUT2D eigenvalue weighted by Crippen LogP contribution is 2.57. The Labute approximate surface area is 208 Å². The van der Waals surface area contributed by atoms with Crippen LogP contribution in [0.5, 0.6) is 0 Å². The van der Waals surface area contributed by atoms with E-state index in [1.807, 2.05) is 13.8 Å². The first-order valence-corrected chi connectivity index (χ1v) is 11.9. The maximum atomic E-state index is 14.5. The molecule has 2 aromatic carbocycles. The number of benzene rings is 2. The molecule has 8 heteroatoms. The summed E-state index contributed by atoms with van der Waals surface area (Å²) in [5, 5.41) is 0. The maximum Gasteiger partial charge on any atom is 0.341 e. The summed E-state index contributed by atoms with van der Waals surface area (Å²) in [5.74, 6) is -1.92. The van der Waals surface area contributed by atoms with E-state index in [9.17, 15) is 18.8 Å². The van der Waals surface area contributed by atoms with Crippen LogP contribution in [0.25, 0.3) is 0 Å². The van der Waals surface area contributed by atoms with Gasteiger partial charge in [-0.25, -0.2) is 9.18 Å². The molecule has 0 radical (unpaired) electrons. The van der Waals surface area contributed by atoms with Crippen LogP contribution in [0, 0.1) is 11.2 Å². The third-order valence-electron chi connectivity index (χ3n) is 6.96. The standard InChI is InChI=1S/C28H27FN2O5/c1-4-35-25(33)23-24(30)36-21-14-27(2,3)13-20(32)22(21)28(23)18-7-5-6-8-19(18)31(26(28)34)15-16-9-11-17(29)12-10-16/h5-12H,4,13-15,30H2,1-3H3/t28-/m0/s1. The zero-order valence-electron chi connectivity index (χ0n) is 20.4. The van der Waals surface area contributed by atoms with Crippen LogP contribution in [0.1, 0.15) is 44.7 Å². The van der Waals surface area contributed by atoms with Crippen LogP contribution in [-0.2, 0) is 35.8 Å². The maximum absolute atomic E-state index is 14.5. The van der Waals surface area contributed by atoms with Gasteiger partial charge in [0, 0.05) is 24.1 Å². The lowest BCUT2D eigenvalue weighted by Crippen LogP contribution is -2.52. The number of amides is 1. The zero-order valence-corrected chi connectivity index (χ0v) is 20.4. The second kappa shape index (κ2) is 8.33. The molecule has 1 atom stereocenters. The van der Waals surface area contributed by atoms with Gasteiger partial charge >= 0.3 is 5.97 Å². The van der Waals surface area contributed by atoms with E-state index in [4.69, 9.17) is 15.2 Å². The van der Waals surface area contributed by atoms with Gasteiger partial charge in [-0.3, -0.25) is 9.59 Å². The van der Waals surface area contributed by atoms with Crippen molar-refractivity contribution < 1.29 is 28.2 Å². The fourth-order valence-corrected chi connectivity index (χ4v) is 5.59. The van der Waals surface area contributed by atoms with Crippen LogP contribution in [0.2, 0.25) is 0 Å². The SMILES string of the molecule is CCOC(=O)C1=C(N)OC2=C(C(=O)CC(C)(C)C2)[C@]12C(=O)N(Cc1ccc(F)cc1)c1ccccc12. The van der Waals surface area contributed by atoms with Crippen molar-refractivity contribution in [2.24, 2.45) is 11.1 Å². The number of nitrogens with two attached hydrogens (primary N) is 1. The van der Waals surface area contributed by atoms with Gasteiger partial charge in [-0.1, -0.05) is 44.2 Å². The van der Waals surface area contributed by atoms with Crippen molar-refractivity contribution in [3.05, 3.63) is 88.3 Å². The third-order valence-corrected chi connectivity index (χ3v) is 6.96. The van der Waals surface area contributed by atoms with Crippen LogP contribution >= 0.6 is 0 Å². The Morgan fingerprint density at radius 2 is 1.81 bits per heavy atom. The molecule has 0 bridgehead atoms. The van der Waals surface area contributed by atoms with Crippen LogP contribution in [0.15, 0.2) is 71.3 Å². The zero-order chi connectivity index (χ0) is 25.8. The van der Waals surface area contributed by atoms with Crippen LogP contribution < -0.4 is 10.6 Å². The van der Waals surface area contributed by atoms with Crippen molar-refractivity contribution in [1.82, 2.24) is 0 Å². The monoisotopic (exact) mass is 490 g/mol. The summed E-state index contributed by atoms with van der Waals surface area (Å²) < 4.78 is 24.8. The second-order valence-electron chi connectivity index (χ2n) is 10.1. The molecular weight excluding hydrogens is 463 g/mol. The van der Waals surface area contributed by atoms with Crippen LogP contribution in [0.3, 0.4) is 0 Å². The molecule has 2 aromatic rings. The van der Waals surface area contributed by atoms with Crippen molar-refractivity contribution in [1.29, 1.82) is 0 Å². The molecule has 0 fully saturated rings. The number of Topliss-reactive ketones (excluding diaryl/α,β-unsaturated/α-hetero) is 1. The molecule has 0 unspecified atom stereocenters. The predicted octanol–water partition coefficient (Wildman–Crippen LogP) is 4.02. The Hall–Kier alpha value is -3.94. The van der Waals surface area contributed by atoms with Crippen molar-refractivity contribution >= 4 is 23.3 Å².